The average Bonchev–Trinajstić information content (AvgIpc) is 2.29. The van der Waals surface area contributed by atoms with E-state index in [1.807, 2.05) is 31.2 Å². The number of hydrogen-bond donors (Lipinski definition) is 2. The van der Waals surface area contributed by atoms with Crippen LogP contribution in [0, 0.1) is 6.92 Å². The first-order valence-electron chi connectivity index (χ1n) is 5.11. The van der Waals surface area contributed by atoms with Crippen molar-refractivity contribution in [1.82, 2.24) is 9.97 Å². The SMILES string of the molecule is Cc1ccc(-c2nc(N)nc(Cl)c2CO)cc1. The third kappa shape index (κ3) is 2.38. The fourth-order valence-corrected chi connectivity index (χ4v) is 1.80. The topological polar surface area (TPSA) is 72.0 Å². The molecule has 2 aromatic rings. The highest BCUT2D eigenvalue weighted by molar-refractivity contribution is 6.30. The monoisotopic (exact) mass is 249 g/mol. The number of nitrogens with zero attached hydrogens (tertiary/aromatic N) is 2. The second-order valence-electron chi connectivity index (χ2n) is 3.72. The fraction of sp³-hybridized carbons (Fsp3) is 0.167. The van der Waals surface area contributed by atoms with Gasteiger partial charge in [0.2, 0.25) is 5.95 Å². The van der Waals surface area contributed by atoms with Gasteiger partial charge in [0.05, 0.1) is 12.3 Å². The highest BCUT2D eigenvalue weighted by atomic mass is 35.5. The van der Waals surface area contributed by atoms with E-state index in [2.05, 4.69) is 9.97 Å². The molecule has 4 nitrogen and oxygen atoms in total. The Morgan fingerprint density at radius 2 is 1.88 bits per heavy atom. The molecule has 88 valence electrons. The van der Waals surface area contributed by atoms with Gasteiger partial charge in [-0.15, -0.1) is 0 Å². The van der Waals surface area contributed by atoms with Crippen molar-refractivity contribution in [3.8, 4) is 11.3 Å². The molecule has 0 aliphatic rings. The summed E-state index contributed by atoms with van der Waals surface area (Å²) in [6, 6.07) is 7.74. The molecule has 17 heavy (non-hydrogen) atoms. The number of aliphatic hydroxyl groups is 1. The van der Waals surface area contributed by atoms with Crippen molar-refractivity contribution in [2.24, 2.45) is 0 Å². The van der Waals surface area contributed by atoms with Crippen molar-refractivity contribution in [3.05, 3.63) is 40.5 Å². The van der Waals surface area contributed by atoms with Crippen molar-refractivity contribution in [2.75, 3.05) is 5.73 Å². The van der Waals surface area contributed by atoms with Gasteiger partial charge in [-0.1, -0.05) is 41.4 Å². The summed E-state index contributed by atoms with van der Waals surface area (Å²) < 4.78 is 0. The van der Waals surface area contributed by atoms with E-state index in [4.69, 9.17) is 17.3 Å². The Kier molecular flexibility index (Phi) is 3.26. The molecule has 0 saturated heterocycles. The molecular weight excluding hydrogens is 238 g/mol. The predicted molar refractivity (Wildman–Crippen MR) is 67.6 cm³/mol. The number of nitrogens with two attached hydrogens (primary N) is 1. The van der Waals surface area contributed by atoms with Gasteiger partial charge in [-0.25, -0.2) is 9.97 Å². The van der Waals surface area contributed by atoms with Crippen LogP contribution in [0.1, 0.15) is 11.1 Å². The van der Waals surface area contributed by atoms with E-state index in [1.54, 1.807) is 0 Å². The van der Waals surface area contributed by atoms with E-state index < -0.39 is 0 Å². The Hall–Kier alpha value is -1.65. The van der Waals surface area contributed by atoms with Crippen LogP contribution in [-0.4, -0.2) is 15.1 Å². The fourth-order valence-electron chi connectivity index (χ4n) is 1.56. The molecule has 0 aliphatic carbocycles. The molecule has 0 fully saturated rings. The van der Waals surface area contributed by atoms with Crippen molar-refractivity contribution < 1.29 is 5.11 Å². The molecule has 3 N–H and O–H groups in total. The first kappa shape index (κ1) is 11.8. The third-order valence-electron chi connectivity index (χ3n) is 2.46. The molecule has 1 aromatic heterocycles. The van der Waals surface area contributed by atoms with Crippen molar-refractivity contribution >= 4 is 17.5 Å². The van der Waals surface area contributed by atoms with Gasteiger partial charge in [-0.3, -0.25) is 0 Å². The number of aliphatic hydroxyl groups excluding tert-OH is 1. The molecule has 0 aliphatic heterocycles. The van der Waals surface area contributed by atoms with Gasteiger partial charge in [-0.05, 0) is 6.92 Å². The van der Waals surface area contributed by atoms with Crippen LogP contribution in [0.3, 0.4) is 0 Å². The maximum atomic E-state index is 9.30. The molecule has 0 unspecified atom stereocenters. The van der Waals surface area contributed by atoms with E-state index in [0.29, 0.717) is 11.3 Å². The molecule has 0 bridgehead atoms. The number of aromatic nitrogens is 2. The smallest absolute Gasteiger partial charge is 0.222 e. The van der Waals surface area contributed by atoms with Gasteiger partial charge >= 0.3 is 0 Å². The van der Waals surface area contributed by atoms with E-state index in [9.17, 15) is 5.11 Å². The zero-order valence-electron chi connectivity index (χ0n) is 9.31. The molecule has 1 heterocycles. The number of aryl methyl sites for hydroxylation is 1. The summed E-state index contributed by atoms with van der Waals surface area (Å²) in [6.07, 6.45) is 0. The van der Waals surface area contributed by atoms with Crippen LogP contribution in [-0.2, 0) is 6.61 Å². The lowest BCUT2D eigenvalue weighted by Crippen LogP contribution is -2.02. The minimum Gasteiger partial charge on any atom is -0.391 e. The van der Waals surface area contributed by atoms with Crippen LogP contribution in [0.2, 0.25) is 5.15 Å². The molecule has 2 rings (SSSR count). The summed E-state index contributed by atoms with van der Waals surface area (Å²) in [6.45, 7) is 1.78. The highest BCUT2D eigenvalue weighted by Crippen LogP contribution is 2.27. The van der Waals surface area contributed by atoms with Crippen molar-refractivity contribution in [1.29, 1.82) is 0 Å². The van der Waals surface area contributed by atoms with Gasteiger partial charge in [0.15, 0.2) is 0 Å². The van der Waals surface area contributed by atoms with Crippen molar-refractivity contribution in [2.45, 2.75) is 13.5 Å². The average molecular weight is 250 g/mol. The molecule has 0 saturated carbocycles. The Labute approximate surface area is 104 Å². The van der Waals surface area contributed by atoms with E-state index in [-0.39, 0.29) is 17.7 Å². The molecule has 0 spiro atoms. The van der Waals surface area contributed by atoms with Gasteiger partial charge in [0, 0.05) is 11.1 Å². The minimum atomic E-state index is -0.220. The molecule has 0 amide bonds. The number of benzene rings is 1. The maximum absolute atomic E-state index is 9.30. The summed E-state index contributed by atoms with van der Waals surface area (Å²) in [5.74, 6) is 0.0998. The maximum Gasteiger partial charge on any atom is 0.222 e. The predicted octanol–water partition coefficient (Wildman–Crippen LogP) is 2.18. The number of halogens is 1. The summed E-state index contributed by atoms with van der Waals surface area (Å²) in [4.78, 5) is 7.95. The quantitative estimate of drug-likeness (QED) is 0.801. The summed E-state index contributed by atoms with van der Waals surface area (Å²) in [5, 5.41) is 9.49. The Balaban J connectivity index is 2.61. The number of rotatable bonds is 2. The third-order valence-corrected chi connectivity index (χ3v) is 2.77. The normalized spacial score (nSPS) is 10.5. The van der Waals surface area contributed by atoms with E-state index in [1.165, 1.54) is 0 Å². The van der Waals surface area contributed by atoms with E-state index in [0.717, 1.165) is 11.1 Å². The first-order valence-corrected chi connectivity index (χ1v) is 5.49. The highest BCUT2D eigenvalue weighted by Gasteiger charge is 2.12. The van der Waals surface area contributed by atoms with Crippen LogP contribution in [0.15, 0.2) is 24.3 Å². The molecule has 0 atom stereocenters. The summed E-state index contributed by atoms with van der Waals surface area (Å²) in [5.41, 5.74) is 8.63. The van der Waals surface area contributed by atoms with Gasteiger partial charge in [0.1, 0.15) is 5.15 Å². The Bertz CT molecular complexity index is 540. The van der Waals surface area contributed by atoms with E-state index >= 15 is 0 Å². The lowest BCUT2D eigenvalue weighted by Gasteiger charge is -2.09. The standard InChI is InChI=1S/C12H12ClN3O/c1-7-2-4-8(5-3-7)10-9(6-17)11(13)16-12(14)15-10/h2-5,17H,6H2,1H3,(H2,14,15,16). The van der Waals surface area contributed by atoms with Gasteiger partial charge in [0.25, 0.3) is 0 Å². The van der Waals surface area contributed by atoms with Gasteiger partial charge in [-0.2, -0.15) is 0 Å². The van der Waals surface area contributed by atoms with Crippen LogP contribution < -0.4 is 5.73 Å². The lowest BCUT2D eigenvalue weighted by molar-refractivity contribution is 0.281. The zero-order valence-corrected chi connectivity index (χ0v) is 10.1. The minimum absolute atomic E-state index is 0.0998. The van der Waals surface area contributed by atoms with Crippen molar-refractivity contribution in [3.63, 3.8) is 0 Å². The Morgan fingerprint density at radius 3 is 2.47 bits per heavy atom. The number of nitrogen functional groups attached to an aromatic ring is 1. The second kappa shape index (κ2) is 4.69. The van der Waals surface area contributed by atoms with Crippen LogP contribution in [0.25, 0.3) is 11.3 Å². The van der Waals surface area contributed by atoms with Crippen LogP contribution >= 0.6 is 11.6 Å². The number of hydrogen-bond acceptors (Lipinski definition) is 4. The largest absolute Gasteiger partial charge is 0.391 e. The lowest BCUT2D eigenvalue weighted by atomic mass is 10.1. The van der Waals surface area contributed by atoms with Gasteiger partial charge < -0.3 is 10.8 Å². The first-order chi connectivity index (χ1) is 8.11. The number of anilines is 1. The van der Waals surface area contributed by atoms with Crippen LogP contribution in [0.5, 0.6) is 0 Å². The molecule has 1 aromatic carbocycles. The molecule has 0 radical (unpaired) electrons. The zero-order chi connectivity index (χ0) is 12.4. The molecule has 5 heteroatoms. The Morgan fingerprint density at radius 1 is 1.24 bits per heavy atom. The molecular formula is C12H12ClN3O. The summed E-state index contributed by atoms with van der Waals surface area (Å²) >= 11 is 5.92. The van der Waals surface area contributed by atoms with Crippen LogP contribution in [0.4, 0.5) is 5.95 Å². The summed E-state index contributed by atoms with van der Waals surface area (Å²) in [7, 11) is 0. The second-order valence-corrected chi connectivity index (χ2v) is 4.08.